The molecular formula is C6H9BrO2. The molecule has 0 unspecified atom stereocenters. The van der Waals surface area contributed by atoms with Crippen molar-refractivity contribution in [1.29, 1.82) is 0 Å². The average Bonchev–Trinajstić information content (AvgIpc) is 1.98. The minimum atomic E-state index is -0.727. The van der Waals surface area contributed by atoms with Gasteiger partial charge in [-0.1, -0.05) is 22.5 Å². The minimum Gasteiger partial charge on any atom is -0.390 e. The van der Waals surface area contributed by atoms with Crippen LogP contribution in [0.5, 0.6) is 0 Å². The van der Waals surface area contributed by atoms with Crippen molar-refractivity contribution in [2.45, 2.75) is 23.5 Å². The van der Waals surface area contributed by atoms with E-state index in [9.17, 15) is 0 Å². The zero-order chi connectivity index (χ0) is 7.02. The van der Waals surface area contributed by atoms with E-state index in [0.717, 1.165) is 0 Å². The van der Waals surface area contributed by atoms with Gasteiger partial charge in [0.15, 0.2) is 0 Å². The lowest BCUT2D eigenvalue weighted by Gasteiger charge is -2.05. The van der Waals surface area contributed by atoms with Gasteiger partial charge >= 0.3 is 0 Å². The minimum absolute atomic E-state index is 0.0856. The van der Waals surface area contributed by atoms with Gasteiger partial charge in [0.05, 0.1) is 6.10 Å². The molecule has 0 aromatic rings. The van der Waals surface area contributed by atoms with Crippen LogP contribution in [0.1, 0.15) is 6.42 Å². The summed E-state index contributed by atoms with van der Waals surface area (Å²) in [6, 6.07) is 0. The Morgan fingerprint density at radius 2 is 2.11 bits per heavy atom. The molecule has 1 aliphatic rings. The van der Waals surface area contributed by atoms with E-state index in [0.29, 0.717) is 12.0 Å². The molecule has 52 valence electrons. The summed E-state index contributed by atoms with van der Waals surface area (Å²) in [6.07, 6.45) is -0.781. The van der Waals surface area contributed by atoms with E-state index >= 15 is 0 Å². The number of hydrogen-bond acceptors (Lipinski definition) is 2. The number of alkyl halides is 1. The molecule has 0 aliphatic heterocycles. The molecule has 9 heavy (non-hydrogen) atoms. The molecule has 0 saturated heterocycles. The Kier molecular flexibility index (Phi) is 1.94. The summed E-state index contributed by atoms with van der Waals surface area (Å²) >= 11 is 3.26. The maximum Gasteiger partial charge on any atom is 0.102 e. The standard InChI is InChI=1S/C6H9BrO2/c1-3-4(7)2-5(8)6(3)9/h4-6,8-9H,1-2H2/t4-,5-,6-/m0/s1. The van der Waals surface area contributed by atoms with E-state index < -0.39 is 12.2 Å². The Balaban J connectivity index is 2.65. The molecule has 1 saturated carbocycles. The molecule has 2 N–H and O–H groups in total. The quantitative estimate of drug-likeness (QED) is 0.432. The molecule has 3 atom stereocenters. The molecule has 0 amide bonds. The molecule has 0 aromatic carbocycles. The highest BCUT2D eigenvalue weighted by Gasteiger charge is 2.33. The van der Waals surface area contributed by atoms with Gasteiger partial charge in [-0.2, -0.15) is 0 Å². The van der Waals surface area contributed by atoms with Gasteiger partial charge in [0.25, 0.3) is 0 Å². The predicted octanol–water partition coefficient (Wildman–Crippen LogP) is 0.432. The molecule has 0 heterocycles. The van der Waals surface area contributed by atoms with Crippen molar-refractivity contribution in [2.24, 2.45) is 0 Å². The Morgan fingerprint density at radius 1 is 1.56 bits per heavy atom. The zero-order valence-corrected chi connectivity index (χ0v) is 6.50. The molecule has 1 rings (SSSR count). The largest absolute Gasteiger partial charge is 0.390 e. The lowest BCUT2D eigenvalue weighted by Crippen LogP contribution is -2.18. The van der Waals surface area contributed by atoms with Crippen LogP contribution in [0, 0.1) is 0 Å². The molecule has 2 nitrogen and oxygen atoms in total. The van der Waals surface area contributed by atoms with Crippen LogP contribution in [0.3, 0.4) is 0 Å². The van der Waals surface area contributed by atoms with Crippen molar-refractivity contribution in [3.63, 3.8) is 0 Å². The van der Waals surface area contributed by atoms with Gasteiger partial charge in [-0.3, -0.25) is 0 Å². The van der Waals surface area contributed by atoms with Gasteiger partial charge in [-0.25, -0.2) is 0 Å². The van der Waals surface area contributed by atoms with E-state index in [1.165, 1.54) is 0 Å². The lowest BCUT2D eigenvalue weighted by molar-refractivity contribution is 0.0605. The van der Waals surface area contributed by atoms with Crippen LogP contribution in [-0.4, -0.2) is 27.2 Å². The Morgan fingerprint density at radius 3 is 2.22 bits per heavy atom. The summed E-state index contributed by atoms with van der Waals surface area (Å²) < 4.78 is 0. The first-order valence-corrected chi connectivity index (χ1v) is 3.73. The average molecular weight is 193 g/mol. The maximum atomic E-state index is 9.06. The van der Waals surface area contributed by atoms with E-state index in [2.05, 4.69) is 22.5 Å². The Hall–Kier alpha value is 0.140. The van der Waals surface area contributed by atoms with Crippen LogP contribution in [0.25, 0.3) is 0 Å². The van der Waals surface area contributed by atoms with Gasteiger partial charge in [0.1, 0.15) is 6.10 Å². The van der Waals surface area contributed by atoms with Gasteiger partial charge in [0, 0.05) is 4.83 Å². The summed E-state index contributed by atoms with van der Waals surface area (Å²) in [6.45, 7) is 3.61. The summed E-state index contributed by atoms with van der Waals surface area (Å²) in [5.74, 6) is 0. The third-order valence-electron chi connectivity index (χ3n) is 1.60. The third-order valence-corrected chi connectivity index (χ3v) is 2.56. The molecule has 3 heteroatoms. The lowest BCUT2D eigenvalue weighted by atomic mass is 10.2. The van der Waals surface area contributed by atoms with Gasteiger partial charge in [-0.05, 0) is 12.0 Å². The normalized spacial score (nSPS) is 43.9. The number of hydrogen-bond donors (Lipinski definition) is 2. The highest BCUT2D eigenvalue weighted by Crippen LogP contribution is 2.29. The molecule has 0 spiro atoms. The van der Waals surface area contributed by atoms with Crippen molar-refractivity contribution in [2.75, 3.05) is 0 Å². The zero-order valence-electron chi connectivity index (χ0n) is 4.92. The van der Waals surface area contributed by atoms with Crippen LogP contribution >= 0.6 is 15.9 Å². The van der Waals surface area contributed by atoms with Crippen molar-refractivity contribution < 1.29 is 10.2 Å². The first-order valence-electron chi connectivity index (χ1n) is 2.82. The number of aliphatic hydroxyl groups excluding tert-OH is 2. The molecule has 0 bridgehead atoms. The first kappa shape index (κ1) is 7.25. The highest BCUT2D eigenvalue weighted by molar-refractivity contribution is 9.09. The first-order chi connectivity index (χ1) is 4.13. The van der Waals surface area contributed by atoms with Crippen molar-refractivity contribution in [3.8, 4) is 0 Å². The van der Waals surface area contributed by atoms with Gasteiger partial charge in [0.2, 0.25) is 0 Å². The molecule has 1 fully saturated rings. The SMILES string of the molecule is C=C1[C@@H](Br)C[C@H](O)[C@H]1O. The van der Waals surface area contributed by atoms with E-state index in [1.807, 2.05) is 0 Å². The third kappa shape index (κ3) is 1.18. The summed E-state index contributed by atoms with van der Waals surface area (Å²) in [5, 5.41) is 18.1. The van der Waals surface area contributed by atoms with Crippen molar-refractivity contribution in [3.05, 3.63) is 12.2 Å². The number of aliphatic hydroxyl groups is 2. The molecule has 1 aliphatic carbocycles. The van der Waals surface area contributed by atoms with Crippen LogP contribution in [-0.2, 0) is 0 Å². The topological polar surface area (TPSA) is 40.5 Å². The fourth-order valence-electron chi connectivity index (χ4n) is 0.925. The van der Waals surface area contributed by atoms with E-state index in [1.54, 1.807) is 0 Å². The van der Waals surface area contributed by atoms with Gasteiger partial charge in [-0.15, -0.1) is 0 Å². The number of rotatable bonds is 0. The highest BCUT2D eigenvalue weighted by atomic mass is 79.9. The second kappa shape index (κ2) is 2.40. The molecule has 0 aromatic heterocycles. The van der Waals surface area contributed by atoms with Gasteiger partial charge < -0.3 is 10.2 Å². The Labute approximate surface area is 62.3 Å². The monoisotopic (exact) mass is 192 g/mol. The van der Waals surface area contributed by atoms with E-state index in [-0.39, 0.29) is 4.83 Å². The van der Waals surface area contributed by atoms with Crippen LogP contribution in [0.4, 0.5) is 0 Å². The van der Waals surface area contributed by atoms with E-state index in [4.69, 9.17) is 10.2 Å². The van der Waals surface area contributed by atoms with Crippen LogP contribution in [0.2, 0.25) is 0 Å². The molecule has 0 radical (unpaired) electrons. The maximum absolute atomic E-state index is 9.06. The Bertz CT molecular complexity index is 135. The molecular weight excluding hydrogens is 184 g/mol. The predicted molar refractivity (Wildman–Crippen MR) is 38.5 cm³/mol. The fraction of sp³-hybridized carbons (Fsp3) is 0.667. The summed E-state index contributed by atoms with van der Waals surface area (Å²) in [4.78, 5) is 0.0856. The van der Waals surface area contributed by atoms with Crippen molar-refractivity contribution >= 4 is 15.9 Å². The van der Waals surface area contributed by atoms with Crippen LogP contribution in [0.15, 0.2) is 12.2 Å². The van der Waals surface area contributed by atoms with Crippen molar-refractivity contribution in [1.82, 2.24) is 0 Å². The smallest absolute Gasteiger partial charge is 0.102 e. The summed E-state index contributed by atoms with van der Waals surface area (Å²) in [7, 11) is 0. The number of halogens is 1. The summed E-state index contributed by atoms with van der Waals surface area (Å²) in [5.41, 5.74) is 0.683. The fourth-order valence-corrected chi connectivity index (χ4v) is 1.58. The van der Waals surface area contributed by atoms with Crippen LogP contribution < -0.4 is 0 Å². The second-order valence-electron chi connectivity index (χ2n) is 2.29. The second-order valence-corrected chi connectivity index (χ2v) is 3.40.